The summed E-state index contributed by atoms with van der Waals surface area (Å²) in [5.41, 5.74) is 3.77. The van der Waals surface area contributed by atoms with Crippen LogP contribution in [0, 0.1) is 0 Å². The Labute approximate surface area is 134 Å². The maximum atomic E-state index is 9.94. The van der Waals surface area contributed by atoms with Crippen molar-refractivity contribution in [2.24, 2.45) is 0 Å². The second-order valence-corrected chi connectivity index (χ2v) is 7.56. The third-order valence-corrected chi connectivity index (χ3v) is 6.25. The first-order valence-corrected chi connectivity index (χ1v) is 8.88. The minimum Gasteiger partial charge on any atom is -0.504 e. The lowest BCUT2D eigenvalue weighted by Gasteiger charge is -2.38. The maximum absolute atomic E-state index is 9.94. The molecule has 0 spiro atoms. The number of benzene rings is 1. The standard InChI is InChI=1S/C18H21NO2S/c1-2-3-12-6-11-9-19-14-5-4-10-7-15(20)16(21)8-13(10)17(14)18(11)22-12/h6-8,14,17,19-21H,2-5,9H2,1H3/t14-,17-/m1/s1. The van der Waals surface area contributed by atoms with Gasteiger partial charge in [-0.3, -0.25) is 0 Å². The normalized spacial score (nSPS) is 22.8. The first-order chi connectivity index (χ1) is 10.7. The lowest BCUT2D eigenvalue weighted by molar-refractivity contribution is 0.383. The summed E-state index contributed by atoms with van der Waals surface area (Å²) in [4.78, 5) is 2.92. The van der Waals surface area contributed by atoms with Gasteiger partial charge >= 0.3 is 0 Å². The van der Waals surface area contributed by atoms with Crippen LogP contribution in [0.2, 0.25) is 0 Å². The number of thiophene rings is 1. The van der Waals surface area contributed by atoms with E-state index in [1.165, 1.54) is 32.9 Å². The molecule has 2 aliphatic rings. The van der Waals surface area contributed by atoms with Gasteiger partial charge in [-0.05, 0) is 54.2 Å². The Kier molecular flexibility index (Phi) is 3.39. The van der Waals surface area contributed by atoms with Gasteiger partial charge in [0.2, 0.25) is 0 Å². The van der Waals surface area contributed by atoms with Crippen molar-refractivity contribution >= 4 is 11.3 Å². The van der Waals surface area contributed by atoms with E-state index >= 15 is 0 Å². The lowest BCUT2D eigenvalue weighted by Crippen LogP contribution is -2.41. The highest BCUT2D eigenvalue weighted by Crippen LogP contribution is 2.46. The number of phenols is 2. The van der Waals surface area contributed by atoms with Crippen molar-refractivity contribution in [1.29, 1.82) is 0 Å². The first kappa shape index (κ1) is 14.1. The third kappa shape index (κ3) is 2.13. The molecule has 3 nitrogen and oxygen atoms in total. The van der Waals surface area contributed by atoms with Crippen molar-refractivity contribution in [2.75, 3.05) is 0 Å². The molecule has 116 valence electrons. The maximum Gasteiger partial charge on any atom is 0.157 e. The summed E-state index contributed by atoms with van der Waals surface area (Å²) < 4.78 is 0. The second kappa shape index (κ2) is 5.28. The van der Waals surface area contributed by atoms with Crippen molar-refractivity contribution in [2.45, 2.75) is 51.1 Å². The number of rotatable bonds is 2. The van der Waals surface area contributed by atoms with E-state index in [1.807, 2.05) is 11.3 Å². The zero-order valence-electron chi connectivity index (χ0n) is 12.7. The topological polar surface area (TPSA) is 52.5 Å². The molecular formula is C18H21NO2S. The van der Waals surface area contributed by atoms with E-state index in [4.69, 9.17) is 0 Å². The molecule has 0 bridgehead atoms. The molecule has 0 amide bonds. The van der Waals surface area contributed by atoms with Crippen molar-refractivity contribution in [3.63, 3.8) is 0 Å². The van der Waals surface area contributed by atoms with Gasteiger partial charge in [-0.25, -0.2) is 0 Å². The SMILES string of the molecule is CCCc1cc2c(s1)[C@@H]1c3cc(O)c(O)cc3CC[C@H]1NC2. The van der Waals surface area contributed by atoms with Crippen LogP contribution in [0.1, 0.15) is 52.1 Å². The van der Waals surface area contributed by atoms with E-state index in [0.29, 0.717) is 12.0 Å². The number of hydrogen-bond acceptors (Lipinski definition) is 4. The van der Waals surface area contributed by atoms with Crippen LogP contribution in [0.25, 0.3) is 0 Å². The van der Waals surface area contributed by atoms with Crippen LogP contribution in [0.3, 0.4) is 0 Å². The van der Waals surface area contributed by atoms with Gasteiger partial charge in [0.25, 0.3) is 0 Å². The summed E-state index contributed by atoms with van der Waals surface area (Å²) in [7, 11) is 0. The van der Waals surface area contributed by atoms with Crippen LogP contribution < -0.4 is 5.32 Å². The zero-order chi connectivity index (χ0) is 15.3. The summed E-state index contributed by atoms with van der Waals surface area (Å²) in [5, 5.41) is 23.4. The van der Waals surface area contributed by atoms with E-state index in [9.17, 15) is 10.2 Å². The average molecular weight is 315 g/mol. The predicted molar refractivity (Wildman–Crippen MR) is 88.9 cm³/mol. The second-order valence-electron chi connectivity index (χ2n) is 6.40. The number of phenolic OH excluding ortho intramolecular Hbond substituents is 2. The summed E-state index contributed by atoms with van der Waals surface area (Å²) in [6.45, 7) is 3.17. The molecule has 0 unspecified atom stereocenters. The van der Waals surface area contributed by atoms with Gasteiger partial charge in [0, 0.05) is 28.3 Å². The minimum absolute atomic E-state index is 0.000885. The van der Waals surface area contributed by atoms with Gasteiger partial charge in [0.05, 0.1) is 0 Å². The monoisotopic (exact) mass is 315 g/mol. The van der Waals surface area contributed by atoms with E-state index in [-0.39, 0.29) is 11.5 Å². The molecule has 4 rings (SSSR count). The highest BCUT2D eigenvalue weighted by atomic mass is 32.1. The molecule has 1 aliphatic heterocycles. The Balaban J connectivity index is 1.83. The quantitative estimate of drug-likeness (QED) is 0.741. The van der Waals surface area contributed by atoms with E-state index in [2.05, 4.69) is 18.3 Å². The van der Waals surface area contributed by atoms with Crippen molar-refractivity contribution in [3.8, 4) is 11.5 Å². The number of fused-ring (bicyclic) bond motifs is 5. The van der Waals surface area contributed by atoms with Crippen molar-refractivity contribution in [3.05, 3.63) is 44.6 Å². The molecule has 2 atom stereocenters. The number of hydrogen-bond donors (Lipinski definition) is 3. The highest BCUT2D eigenvalue weighted by Gasteiger charge is 2.36. The molecule has 3 N–H and O–H groups in total. The zero-order valence-corrected chi connectivity index (χ0v) is 13.5. The Morgan fingerprint density at radius 3 is 2.82 bits per heavy atom. The average Bonchev–Trinajstić information content (AvgIpc) is 2.91. The predicted octanol–water partition coefficient (Wildman–Crippen LogP) is 3.66. The van der Waals surface area contributed by atoms with Crippen LogP contribution in [0.15, 0.2) is 18.2 Å². The molecule has 1 aromatic heterocycles. The first-order valence-electron chi connectivity index (χ1n) is 8.07. The molecule has 4 heteroatoms. The number of aromatic hydroxyl groups is 2. The molecule has 0 saturated carbocycles. The molecule has 2 heterocycles. The minimum atomic E-state index is -0.00291. The third-order valence-electron chi connectivity index (χ3n) is 4.92. The van der Waals surface area contributed by atoms with E-state index in [0.717, 1.165) is 25.8 Å². The van der Waals surface area contributed by atoms with Crippen LogP contribution >= 0.6 is 11.3 Å². The fourth-order valence-corrected chi connectivity index (χ4v) is 5.36. The van der Waals surface area contributed by atoms with Gasteiger partial charge in [0.1, 0.15) is 0 Å². The summed E-state index contributed by atoms with van der Waals surface area (Å²) in [6, 6.07) is 6.31. The lowest BCUT2D eigenvalue weighted by atomic mass is 9.75. The Morgan fingerprint density at radius 1 is 1.18 bits per heavy atom. The molecule has 1 aliphatic carbocycles. The van der Waals surface area contributed by atoms with Gasteiger partial charge in [0.15, 0.2) is 11.5 Å². The van der Waals surface area contributed by atoms with Crippen LogP contribution in [0.4, 0.5) is 0 Å². The van der Waals surface area contributed by atoms with Crippen LogP contribution in [-0.2, 0) is 19.4 Å². The van der Waals surface area contributed by atoms with Crippen LogP contribution in [0.5, 0.6) is 11.5 Å². The van der Waals surface area contributed by atoms with Gasteiger partial charge in [-0.1, -0.05) is 13.3 Å². The smallest absolute Gasteiger partial charge is 0.157 e. The molecule has 0 fully saturated rings. The largest absolute Gasteiger partial charge is 0.504 e. The van der Waals surface area contributed by atoms with Crippen molar-refractivity contribution in [1.82, 2.24) is 5.32 Å². The van der Waals surface area contributed by atoms with E-state index < -0.39 is 0 Å². The molecule has 22 heavy (non-hydrogen) atoms. The number of nitrogens with one attached hydrogen (secondary N) is 1. The Hall–Kier alpha value is -1.52. The number of aryl methyl sites for hydroxylation is 2. The summed E-state index contributed by atoms with van der Waals surface area (Å²) in [5.74, 6) is 0.311. The molecule has 0 radical (unpaired) electrons. The van der Waals surface area contributed by atoms with Gasteiger partial charge in [-0.15, -0.1) is 11.3 Å². The molecular weight excluding hydrogens is 294 g/mol. The molecule has 1 aromatic carbocycles. The summed E-state index contributed by atoms with van der Waals surface area (Å²) in [6.07, 6.45) is 4.36. The van der Waals surface area contributed by atoms with Gasteiger partial charge < -0.3 is 15.5 Å². The van der Waals surface area contributed by atoms with Crippen molar-refractivity contribution < 1.29 is 10.2 Å². The Bertz CT molecular complexity index is 722. The molecule has 2 aromatic rings. The Morgan fingerprint density at radius 2 is 2.00 bits per heavy atom. The van der Waals surface area contributed by atoms with Crippen LogP contribution in [-0.4, -0.2) is 16.3 Å². The fourth-order valence-electron chi connectivity index (χ4n) is 3.89. The van der Waals surface area contributed by atoms with Gasteiger partial charge in [-0.2, -0.15) is 0 Å². The fraction of sp³-hybridized carbons (Fsp3) is 0.444. The van der Waals surface area contributed by atoms with E-state index in [1.54, 1.807) is 12.1 Å². The molecule has 0 saturated heterocycles. The highest BCUT2D eigenvalue weighted by molar-refractivity contribution is 7.12. The summed E-state index contributed by atoms with van der Waals surface area (Å²) >= 11 is 1.94.